The van der Waals surface area contributed by atoms with Gasteiger partial charge in [-0.2, -0.15) is 0 Å². The summed E-state index contributed by atoms with van der Waals surface area (Å²) in [7, 11) is 3.73. The molecule has 0 fully saturated rings. The number of nitrogens with zero attached hydrogens (tertiary/aromatic N) is 2. The Bertz CT molecular complexity index is 882. The van der Waals surface area contributed by atoms with E-state index in [9.17, 15) is 5.11 Å². The minimum Gasteiger partial charge on any atom is -0.494 e. The number of anilines is 1. The van der Waals surface area contributed by atoms with Crippen LogP contribution < -0.4 is 4.90 Å². The van der Waals surface area contributed by atoms with E-state index in [2.05, 4.69) is 14.9 Å². The molecule has 130 valence electrons. The number of aromatic hydroxyl groups is 1. The molecule has 0 saturated carbocycles. The van der Waals surface area contributed by atoms with Crippen LogP contribution in [0.4, 0.5) is 11.4 Å². The quantitative estimate of drug-likeness (QED) is 0.668. The van der Waals surface area contributed by atoms with Crippen LogP contribution in [0.5, 0.6) is 5.88 Å². The van der Waals surface area contributed by atoms with Gasteiger partial charge in [0, 0.05) is 43.5 Å². The average Bonchev–Trinajstić information content (AvgIpc) is 2.95. The number of hydrogen-bond donors (Lipinski definition) is 2. The normalized spacial score (nSPS) is 11.5. The predicted molar refractivity (Wildman–Crippen MR) is 104 cm³/mol. The number of aliphatic imine (C=N–C) groups is 1. The van der Waals surface area contributed by atoms with E-state index in [1.807, 2.05) is 56.4 Å². The lowest BCUT2D eigenvalue weighted by Gasteiger charge is -2.18. The SMILES string of the molecule is COCCN(C)c1ccc(N=Cc2c(O)[nH]c3cccc(C)c23)cc1. The molecule has 0 unspecified atom stereocenters. The van der Waals surface area contributed by atoms with Gasteiger partial charge in [0.2, 0.25) is 0 Å². The molecule has 0 atom stereocenters. The standard InChI is InChI=1S/C20H23N3O2/c1-14-5-4-6-18-19(14)17(20(24)22-18)13-21-15-7-9-16(10-8-15)23(2)11-12-25-3/h4-10,13,22,24H,11-12H2,1-3H3. The first kappa shape index (κ1) is 17.0. The molecular weight excluding hydrogens is 314 g/mol. The Kier molecular flexibility index (Phi) is 5.05. The molecule has 5 heteroatoms. The van der Waals surface area contributed by atoms with Crippen molar-refractivity contribution in [3.8, 4) is 5.88 Å². The van der Waals surface area contributed by atoms with Gasteiger partial charge in [0.25, 0.3) is 0 Å². The molecule has 0 bridgehead atoms. The summed E-state index contributed by atoms with van der Waals surface area (Å²) in [5.41, 5.74) is 4.68. The van der Waals surface area contributed by atoms with Gasteiger partial charge in [-0.25, -0.2) is 0 Å². The van der Waals surface area contributed by atoms with E-state index in [1.54, 1.807) is 13.3 Å². The largest absolute Gasteiger partial charge is 0.494 e. The zero-order valence-corrected chi connectivity index (χ0v) is 14.8. The lowest BCUT2D eigenvalue weighted by Crippen LogP contribution is -2.21. The molecule has 25 heavy (non-hydrogen) atoms. The molecule has 0 aliphatic carbocycles. The molecular formula is C20H23N3O2. The third-order valence-electron chi connectivity index (χ3n) is 4.31. The molecule has 0 radical (unpaired) electrons. The highest BCUT2D eigenvalue weighted by molar-refractivity contribution is 6.04. The van der Waals surface area contributed by atoms with Crippen LogP contribution in [0.25, 0.3) is 10.9 Å². The summed E-state index contributed by atoms with van der Waals surface area (Å²) in [4.78, 5) is 9.64. The van der Waals surface area contributed by atoms with Gasteiger partial charge in [-0.3, -0.25) is 4.99 Å². The second-order valence-electron chi connectivity index (χ2n) is 6.07. The van der Waals surface area contributed by atoms with Crippen molar-refractivity contribution < 1.29 is 9.84 Å². The number of ether oxygens (including phenoxy) is 1. The number of methoxy groups -OCH3 is 1. The molecule has 0 spiro atoms. The minimum atomic E-state index is 0.143. The average molecular weight is 337 g/mol. The molecule has 3 rings (SSSR count). The Morgan fingerprint density at radius 1 is 1.20 bits per heavy atom. The number of hydrogen-bond acceptors (Lipinski definition) is 4. The van der Waals surface area contributed by atoms with Crippen molar-refractivity contribution in [3.05, 3.63) is 53.6 Å². The van der Waals surface area contributed by atoms with Gasteiger partial charge in [-0.15, -0.1) is 0 Å². The number of aromatic amines is 1. The number of rotatable bonds is 6. The highest BCUT2D eigenvalue weighted by atomic mass is 16.5. The molecule has 1 heterocycles. The van der Waals surface area contributed by atoms with E-state index in [-0.39, 0.29) is 5.88 Å². The van der Waals surface area contributed by atoms with Crippen LogP contribution in [0.15, 0.2) is 47.5 Å². The van der Waals surface area contributed by atoms with Crippen molar-refractivity contribution in [3.63, 3.8) is 0 Å². The van der Waals surface area contributed by atoms with Crippen molar-refractivity contribution in [1.82, 2.24) is 4.98 Å². The summed E-state index contributed by atoms with van der Waals surface area (Å²) in [6.45, 7) is 3.55. The second kappa shape index (κ2) is 7.40. The number of aromatic nitrogens is 1. The van der Waals surface area contributed by atoms with Gasteiger partial charge in [-0.05, 0) is 42.8 Å². The Morgan fingerprint density at radius 2 is 1.96 bits per heavy atom. The van der Waals surface area contributed by atoms with Crippen LogP contribution in [-0.2, 0) is 4.74 Å². The predicted octanol–water partition coefficient (Wildman–Crippen LogP) is 4.02. The highest BCUT2D eigenvalue weighted by Gasteiger charge is 2.10. The smallest absolute Gasteiger partial charge is 0.198 e. The topological polar surface area (TPSA) is 60.9 Å². The number of fused-ring (bicyclic) bond motifs is 1. The highest BCUT2D eigenvalue weighted by Crippen LogP contribution is 2.29. The fourth-order valence-corrected chi connectivity index (χ4v) is 2.86. The molecule has 0 saturated heterocycles. The maximum absolute atomic E-state index is 10.2. The fourth-order valence-electron chi connectivity index (χ4n) is 2.86. The van der Waals surface area contributed by atoms with Gasteiger partial charge in [0.15, 0.2) is 5.88 Å². The molecule has 3 aromatic rings. The molecule has 1 aromatic heterocycles. The third-order valence-corrected chi connectivity index (χ3v) is 4.31. The van der Waals surface area contributed by atoms with Gasteiger partial charge in [0.05, 0.1) is 17.9 Å². The fraction of sp³-hybridized carbons (Fsp3) is 0.250. The summed E-state index contributed by atoms with van der Waals surface area (Å²) >= 11 is 0. The van der Waals surface area contributed by atoms with E-state index < -0.39 is 0 Å². The van der Waals surface area contributed by atoms with Crippen LogP contribution in [0.1, 0.15) is 11.1 Å². The van der Waals surface area contributed by atoms with E-state index in [0.29, 0.717) is 6.61 Å². The van der Waals surface area contributed by atoms with E-state index >= 15 is 0 Å². The molecule has 0 amide bonds. The first-order valence-corrected chi connectivity index (χ1v) is 8.24. The summed E-state index contributed by atoms with van der Waals surface area (Å²) < 4.78 is 5.10. The first-order chi connectivity index (χ1) is 12.1. The Labute approximate surface area is 147 Å². The van der Waals surface area contributed by atoms with Crippen molar-refractivity contribution in [2.75, 3.05) is 32.2 Å². The Morgan fingerprint density at radius 3 is 2.68 bits per heavy atom. The summed E-state index contributed by atoms with van der Waals surface area (Å²) in [6, 6.07) is 13.9. The maximum Gasteiger partial charge on any atom is 0.198 e. The molecule has 0 aliphatic rings. The van der Waals surface area contributed by atoms with E-state index in [1.165, 1.54) is 0 Å². The van der Waals surface area contributed by atoms with Crippen LogP contribution in [0, 0.1) is 6.92 Å². The molecule has 5 nitrogen and oxygen atoms in total. The lowest BCUT2D eigenvalue weighted by molar-refractivity contribution is 0.206. The van der Waals surface area contributed by atoms with Crippen molar-refractivity contribution in [1.29, 1.82) is 0 Å². The zero-order valence-electron chi connectivity index (χ0n) is 14.8. The summed E-state index contributed by atoms with van der Waals surface area (Å²) in [6.07, 6.45) is 1.71. The number of nitrogens with one attached hydrogen (secondary N) is 1. The summed E-state index contributed by atoms with van der Waals surface area (Å²) in [5, 5.41) is 11.2. The molecule has 2 N–H and O–H groups in total. The van der Waals surface area contributed by atoms with Gasteiger partial charge in [-0.1, -0.05) is 12.1 Å². The second-order valence-corrected chi connectivity index (χ2v) is 6.07. The van der Waals surface area contributed by atoms with Crippen molar-refractivity contribution >= 4 is 28.5 Å². The van der Waals surface area contributed by atoms with Gasteiger partial charge in [0.1, 0.15) is 0 Å². The van der Waals surface area contributed by atoms with Crippen LogP contribution in [0.2, 0.25) is 0 Å². The first-order valence-electron chi connectivity index (χ1n) is 8.24. The van der Waals surface area contributed by atoms with Crippen LogP contribution in [0.3, 0.4) is 0 Å². The Balaban J connectivity index is 1.82. The Hall–Kier alpha value is -2.79. The van der Waals surface area contributed by atoms with Crippen LogP contribution in [-0.4, -0.2) is 43.6 Å². The number of aryl methyl sites for hydroxylation is 1. The van der Waals surface area contributed by atoms with Gasteiger partial charge >= 0.3 is 0 Å². The number of likely N-dealkylation sites (N-methyl/N-ethyl adjacent to an activating group) is 1. The maximum atomic E-state index is 10.2. The zero-order chi connectivity index (χ0) is 17.8. The third kappa shape index (κ3) is 3.67. The van der Waals surface area contributed by atoms with Crippen molar-refractivity contribution in [2.45, 2.75) is 6.92 Å². The molecule has 2 aromatic carbocycles. The molecule has 0 aliphatic heterocycles. The monoisotopic (exact) mass is 337 g/mol. The number of H-pyrrole nitrogens is 1. The van der Waals surface area contributed by atoms with Gasteiger partial charge < -0.3 is 19.7 Å². The minimum absolute atomic E-state index is 0.143. The van der Waals surface area contributed by atoms with E-state index in [4.69, 9.17) is 4.74 Å². The van der Waals surface area contributed by atoms with E-state index in [0.717, 1.165) is 39.9 Å². The lowest BCUT2D eigenvalue weighted by atomic mass is 10.1. The van der Waals surface area contributed by atoms with Crippen LogP contribution >= 0.6 is 0 Å². The number of benzene rings is 2. The summed E-state index contributed by atoms with van der Waals surface area (Å²) in [5.74, 6) is 0.143. The van der Waals surface area contributed by atoms with Crippen molar-refractivity contribution in [2.24, 2.45) is 4.99 Å².